The summed E-state index contributed by atoms with van der Waals surface area (Å²) in [4.78, 5) is 0. The van der Waals surface area contributed by atoms with Crippen molar-refractivity contribution in [2.45, 2.75) is 39.5 Å². The molecule has 142 valence electrons. The van der Waals surface area contributed by atoms with Crippen LogP contribution >= 0.6 is 11.6 Å². The number of nitrogens with one attached hydrogen (secondary N) is 1. The number of hydrogen-bond acceptors (Lipinski definition) is 4. The van der Waals surface area contributed by atoms with Gasteiger partial charge in [0.25, 0.3) is 0 Å². The molecule has 0 saturated carbocycles. The van der Waals surface area contributed by atoms with Gasteiger partial charge in [-0.15, -0.1) is 0 Å². The SMILES string of the molecule is CCOc1cc(CN[C@@H](CC)CO)cc(Cl)c1OCc1ccc(F)cc1. The van der Waals surface area contributed by atoms with E-state index >= 15 is 0 Å². The molecule has 0 amide bonds. The maximum atomic E-state index is 13.0. The molecule has 0 aliphatic carbocycles. The van der Waals surface area contributed by atoms with Crippen molar-refractivity contribution < 1.29 is 19.0 Å². The van der Waals surface area contributed by atoms with Crippen molar-refractivity contribution in [3.8, 4) is 11.5 Å². The minimum atomic E-state index is -0.285. The third kappa shape index (κ3) is 5.87. The average molecular weight is 382 g/mol. The second-order valence-corrected chi connectivity index (χ2v) is 6.33. The standard InChI is InChI=1S/C20H25ClFNO3/c1-3-17(12-24)23-11-15-9-18(21)20(19(10-15)25-4-2)26-13-14-5-7-16(22)8-6-14/h5-10,17,23-24H,3-4,11-13H2,1-2H3/t17-/m0/s1. The van der Waals surface area contributed by atoms with Crippen LogP contribution in [0, 0.1) is 5.82 Å². The van der Waals surface area contributed by atoms with Crippen molar-refractivity contribution in [1.82, 2.24) is 5.32 Å². The zero-order chi connectivity index (χ0) is 18.9. The van der Waals surface area contributed by atoms with Gasteiger partial charge in [0.05, 0.1) is 18.2 Å². The zero-order valence-corrected chi connectivity index (χ0v) is 15.9. The van der Waals surface area contributed by atoms with E-state index in [2.05, 4.69) is 5.32 Å². The smallest absolute Gasteiger partial charge is 0.180 e. The Morgan fingerprint density at radius 2 is 1.85 bits per heavy atom. The summed E-state index contributed by atoms with van der Waals surface area (Å²) >= 11 is 6.40. The highest BCUT2D eigenvalue weighted by Gasteiger charge is 2.14. The van der Waals surface area contributed by atoms with Gasteiger partial charge in [-0.3, -0.25) is 0 Å². The summed E-state index contributed by atoms with van der Waals surface area (Å²) < 4.78 is 24.5. The molecule has 0 unspecified atom stereocenters. The lowest BCUT2D eigenvalue weighted by atomic mass is 10.1. The van der Waals surface area contributed by atoms with Gasteiger partial charge in [0.15, 0.2) is 11.5 Å². The molecule has 0 saturated heterocycles. The number of rotatable bonds is 10. The molecule has 2 aromatic carbocycles. The van der Waals surface area contributed by atoms with Crippen molar-refractivity contribution in [2.24, 2.45) is 0 Å². The third-order valence-corrected chi connectivity index (χ3v) is 4.25. The van der Waals surface area contributed by atoms with Crippen LogP contribution in [0.1, 0.15) is 31.4 Å². The minimum absolute atomic E-state index is 0.0405. The van der Waals surface area contributed by atoms with Crippen LogP contribution in [0.15, 0.2) is 36.4 Å². The van der Waals surface area contributed by atoms with Crippen LogP contribution in [0.5, 0.6) is 11.5 Å². The summed E-state index contributed by atoms with van der Waals surface area (Å²) in [5.74, 6) is 0.749. The third-order valence-electron chi connectivity index (χ3n) is 3.97. The maximum Gasteiger partial charge on any atom is 0.180 e. The first-order chi connectivity index (χ1) is 12.6. The minimum Gasteiger partial charge on any atom is -0.490 e. The first kappa shape index (κ1) is 20.5. The largest absolute Gasteiger partial charge is 0.490 e. The Morgan fingerprint density at radius 3 is 2.46 bits per heavy atom. The summed E-state index contributed by atoms with van der Waals surface area (Å²) in [7, 11) is 0. The summed E-state index contributed by atoms with van der Waals surface area (Å²) in [5, 5.41) is 13.0. The molecule has 0 aliphatic rings. The van der Waals surface area contributed by atoms with Crippen LogP contribution < -0.4 is 14.8 Å². The zero-order valence-electron chi connectivity index (χ0n) is 15.1. The van der Waals surface area contributed by atoms with E-state index in [9.17, 15) is 9.50 Å². The molecule has 0 spiro atoms. The predicted molar refractivity (Wildman–Crippen MR) is 101 cm³/mol. The fraction of sp³-hybridized carbons (Fsp3) is 0.400. The highest BCUT2D eigenvalue weighted by atomic mass is 35.5. The topological polar surface area (TPSA) is 50.7 Å². The molecule has 0 aliphatic heterocycles. The molecular formula is C20H25ClFNO3. The Balaban J connectivity index is 2.13. The average Bonchev–Trinajstić information content (AvgIpc) is 2.63. The van der Waals surface area contributed by atoms with E-state index in [0.717, 1.165) is 17.5 Å². The Bertz CT molecular complexity index is 690. The lowest BCUT2D eigenvalue weighted by Crippen LogP contribution is -2.31. The van der Waals surface area contributed by atoms with Crippen LogP contribution in [-0.4, -0.2) is 24.4 Å². The highest BCUT2D eigenvalue weighted by molar-refractivity contribution is 6.32. The molecule has 1 atom stereocenters. The fourth-order valence-corrected chi connectivity index (χ4v) is 2.75. The van der Waals surface area contributed by atoms with Crippen LogP contribution in [0.4, 0.5) is 4.39 Å². The van der Waals surface area contributed by atoms with Crippen molar-refractivity contribution in [2.75, 3.05) is 13.2 Å². The molecule has 2 aromatic rings. The van der Waals surface area contributed by atoms with Gasteiger partial charge in [-0.2, -0.15) is 0 Å². The van der Waals surface area contributed by atoms with E-state index < -0.39 is 0 Å². The van der Waals surface area contributed by atoms with Crippen molar-refractivity contribution in [3.63, 3.8) is 0 Å². The molecule has 4 nitrogen and oxygen atoms in total. The molecular weight excluding hydrogens is 357 g/mol. The number of ether oxygens (including phenoxy) is 2. The molecule has 26 heavy (non-hydrogen) atoms. The summed E-state index contributed by atoms with van der Waals surface area (Å²) in [5.41, 5.74) is 1.78. The van der Waals surface area contributed by atoms with Crippen molar-refractivity contribution in [1.29, 1.82) is 0 Å². The van der Waals surface area contributed by atoms with Crippen LogP contribution in [0.2, 0.25) is 5.02 Å². The Labute approximate surface area is 158 Å². The summed E-state index contributed by atoms with van der Waals surface area (Å²) in [6.45, 7) is 5.30. The van der Waals surface area contributed by atoms with Gasteiger partial charge in [-0.1, -0.05) is 30.7 Å². The van der Waals surface area contributed by atoms with Gasteiger partial charge < -0.3 is 19.9 Å². The first-order valence-corrected chi connectivity index (χ1v) is 9.11. The van der Waals surface area contributed by atoms with E-state index in [1.165, 1.54) is 12.1 Å². The molecule has 2 rings (SSSR count). The van der Waals surface area contributed by atoms with Gasteiger partial charge in [-0.05, 0) is 48.7 Å². The molecule has 0 fully saturated rings. The highest BCUT2D eigenvalue weighted by Crippen LogP contribution is 2.37. The van der Waals surface area contributed by atoms with E-state index in [4.69, 9.17) is 21.1 Å². The van der Waals surface area contributed by atoms with Crippen LogP contribution in [0.3, 0.4) is 0 Å². The number of hydrogen-bond donors (Lipinski definition) is 2. The second kappa shape index (κ2) is 10.4. The maximum absolute atomic E-state index is 13.0. The number of benzene rings is 2. The lowest BCUT2D eigenvalue weighted by Gasteiger charge is -2.17. The van der Waals surface area contributed by atoms with Gasteiger partial charge in [-0.25, -0.2) is 4.39 Å². The normalized spacial score (nSPS) is 12.0. The van der Waals surface area contributed by atoms with Gasteiger partial charge in [0.1, 0.15) is 12.4 Å². The number of aliphatic hydroxyl groups excluding tert-OH is 1. The van der Waals surface area contributed by atoms with Crippen LogP contribution in [-0.2, 0) is 13.2 Å². The Kier molecular flexibility index (Phi) is 8.16. The lowest BCUT2D eigenvalue weighted by molar-refractivity contribution is 0.238. The number of aliphatic hydroxyl groups is 1. The molecule has 0 heterocycles. The molecule has 2 N–H and O–H groups in total. The molecule has 0 aromatic heterocycles. The fourth-order valence-electron chi connectivity index (χ4n) is 2.46. The summed E-state index contributed by atoms with van der Waals surface area (Å²) in [6.07, 6.45) is 0.835. The van der Waals surface area contributed by atoms with E-state index in [-0.39, 0.29) is 25.1 Å². The number of halogens is 2. The van der Waals surface area contributed by atoms with Crippen molar-refractivity contribution >= 4 is 11.6 Å². The monoisotopic (exact) mass is 381 g/mol. The van der Waals surface area contributed by atoms with E-state index in [0.29, 0.717) is 29.7 Å². The Hall–Kier alpha value is -1.82. The summed E-state index contributed by atoms with van der Waals surface area (Å²) in [6, 6.07) is 9.86. The van der Waals surface area contributed by atoms with Gasteiger partial charge in [0, 0.05) is 12.6 Å². The van der Waals surface area contributed by atoms with Crippen LogP contribution in [0.25, 0.3) is 0 Å². The second-order valence-electron chi connectivity index (χ2n) is 5.92. The van der Waals surface area contributed by atoms with E-state index in [1.54, 1.807) is 12.1 Å². The quantitative estimate of drug-likeness (QED) is 0.643. The first-order valence-electron chi connectivity index (χ1n) is 8.74. The van der Waals surface area contributed by atoms with Gasteiger partial charge >= 0.3 is 0 Å². The molecule has 0 bridgehead atoms. The van der Waals surface area contributed by atoms with Gasteiger partial charge in [0.2, 0.25) is 0 Å². The van der Waals surface area contributed by atoms with E-state index in [1.807, 2.05) is 26.0 Å². The molecule has 0 radical (unpaired) electrons. The predicted octanol–water partition coefficient (Wildman–Crippen LogP) is 4.32. The molecule has 6 heteroatoms. The Morgan fingerprint density at radius 1 is 1.12 bits per heavy atom. The van der Waals surface area contributed by atoms with Crippen molar-refractivity contribution in [3.05, 3.63) is 58.4 Å².